The predicted molar refractivity (Wildman–Crippen MR) is 106 cm³/mol. The molecule has 0 spiro atoms. The molecule has 0 unspecified atom stereocenters. The van der Waals surface area contributed by atoms with Crippen molar-refractivity contribution in [1.29, 1.82) is 0 Å². The molecule has 1 heterocycles. The highest BCUT2D eigenvalue weighted by atomic mass is 16.5. The fraction of sp³-hybridized carbons (Fsp3) is 0.364. The highest BCUT2D eigenvalue weighted by molar-refractivity contribution is 5.97. The first-order chi connectivity index (χ1) is 13.1. The van der Waals surface area contributed by atoms with Crippen molar-refractivity contribution in [2.45, 2.75) is 26.2 Å². The van der Waals surface area contributed by atoms with E-state index >= 15 is 0 Å². The van der Waals surface area contributed by atoms with Gasteiger partial charge in [-0.2, -0.15) is 0 Å². The van der Waals surface area contributed by atoms with Gasteiger partial charge in [0.25, 0.3) is 5.91 Å². The molecule has 0 aromatic heterocycles. The first-order valence-electron chi connectivity index (χ1n) is 9.46. The number of hydrogen-bond acceptors (Lipinski definition) is 3. The topological polar surface area (TPSA) is 58.6 Å². The lowest BCUT2D eigenvalue weighted by Crippen LogP contribution is -2.26. The summed E-state index contributed by atoms with van der Waals surface area (Å²) in [5.74, 6) is -0.0402. The minimum absolute atomic E-state index is 0.0400. The van der Waals surface area contributed by atoms with Gasteiger partial charge >= 0.3 is 0 Å². The average Bonchev–Trinajstić information content (AvgIpc) is 3.11. The number of rotatable bonds is 8. The van der Waals surface area contributed by atoms with Gasteiger partial charge in [0.15, 0.2) is 0 Å². The number of carbonyl (C=O) groups is 2. The molecule has 5 nitrogen and oxygen atoms in total. The number of nitrogens with zero attached hydrogens (tertiary/aromatic N) is 1. The van der Waals surface area contributed by atoms with E-state index in [2.05, 4.69) is 17.4 Å². The first kappa shape index (κ1) is 19.1. The van der Waals surface area contributed by atoms with Gasteiger partial charge in [-0.25, -0.2) is 0 Å². The van der Waals surface area contributed by atoms with Crippen LogP contribution in [0, 0.1) is 0 Å². The molecule has 0 fully saturated rings. The number of fused-ring (bicyclic) bond motifs is 1. The Morgan fingerprint density at radius 3 is 2.70 bits per heavy atom. The van der Waals surface area contributed by atoms with Gasteiger partial charge in [-0.1, -0.05) is 30.3 Å². The van der Waals surface area contributed by atoms with Gasteiger partial charge in [0.05, 0.1) is 6.61 Å². The molecule has 0 atom stereocenters. The fourth-order valence-corrected chi connectivity index (χ4v) is 3.29. The van der Waals surface area contributed by atoms with Crippen molar-refractivity contribution < 1.29 is 14.3 Å². The van der Waals surface area contributed by atoms with Crippen LogP contribution in [0.5, 0.6) is 0 Å². The number of amides is 2. The molecular formula is C22H26N2O3. The lowest BCUT2D eigenvalue weighted by molar-refractivity contribution is -0.116. The van der Waals surface area contributed by atoms with E-state index in [0.717, 1.165) is 30.5 Å². The summed E-state index contributed by atoms with van der Waals surface area (Å²) in [4.78, 5) is 25.6. The summed E-state index contributed by atoms with van der Waals surface area (Å²) in [6, 6.07) is 15.8. The Morgan fingerprint density at radius 1 is 1.11 bits per heavy atom. The first-order valence-corrected chi connectivity index (χ1v) is 9.46. The second-order valence-electron chi connectivity index (χ2n) is 6.72. The zero-order valence-electron chi connectivity index (χ0n) is 15.7. The van der Waals surface area contributed by atoms with Crippen LogP contribution >= 0.6 is 0 Å². The SMILES string of the molecule is CC(=O)N1CCc2cc(C(=O)NCCCOCCc3ccccc3)ccc21. The number of anilines is 1. The van der Waals surface area contributed by atoms with Crippen LogP contribution in [-0.4, -0.2) is 38.1 Å². The lowest BCUT2D eigenvalue weighted by atomic mass is 10.1. The summed E-state index contributed by atoms with van der Waals surface area (Å²) < 4.78 is 5.63. The van der Waals surface area contributed by atoms with Crippen molar-refractivity contribution >= 4 is 17.5 Å². The summed E-state index contributed by atoms with van der Waals surface area (Å²) in [7, 11) is 0. The van der Waals surface area contributed by atoms with Crippen molar-refractivity contribution in [3.8, 4) is 0 Å². The van der Waals surface area contributed by atoms with E-state index < -0.39 is 0 Å². The largest absolute Gasteiger partial charge is 0.381 e. The Hall–Kier alpha value is -2.66. The third kappa shape index (κ3) is 5.17. The summed E-state index contributed by atoms with van der Waals surface area (Å²) in [6.07, 6.45) is 2.48. The highest BCUT2D eigenvalue weighted by Crippen LogP contribution is 2.28. The maximum atomic E-state index is 12.3. The van der Waals surface area contributed by atoms with E-state index in [9.17, 15) is 9.59 Å². The maximum Gasteiger partial charge on any atom is 0.251 e. The zero-order chi connectivity index (χ0) is 19.1. The molecule has 0 bridgehead atoms. The van der Waals surface area contributed by atoms with Crippen LogP contribution in [0.3, 0.4) is 0 Å². The van der Waals surface area contributed by atoms with Gasteiger partial charge in [0, 0.05) is 37.9 Å². The van der Waals surface area contributed by atoms with Crippen LogP contribution in [0.1, 0.15) is 34.8 Å². The number of nitrogens with one attached hydrogen (secondary N) is 1. The molecule has 0 saturated heterocycles. The normalized spacial score (nSPS) is 12.7. The van der Waals surface area contributed by atoms with Crippen LogP contribution in [-0.2, 0) is 22.4 Å². The smallest absolute Gasteiger partial charge is 0.251 e. The zero-order valence-corrected chi connectivity index (χ0v) is 15.7. The van der Waals surface area contributed by atoms with Gasteiger partial charge in [0.1, 0.15) is 0 Å². The Bertz CT molecular complexity index is 789. The van der Waals surface area contributed by atoms with Crippen molar-refractivity contribution in [1.82, 2.24) is 5.32 Å². The molecule has 1 aliphatic heterocycles. The summed E-state index contributed by atoms with van der Waals surface area (Å²) in [5.41, 5.74) is 3.89. The molecule has 142 valence electrons. The van der Waals surface area contributed by atoms with E-state index in [0.29, 0.717) is 31.9 Å². The number of carbonyl (C=O) groups excluding carboxylic acids is 2. The van der Waals surface area contributed by atoms with E-state index in [-0.39, 0.29) is 11.8 Å². The molecular weight excluding hydrogens is 340 g/mol. The molecule has 0 aliphatic carbocycles. The van der Waals surface area contributed by atoms with Gasteiger partial charge in [-0.05, 0) is 48.6 Å². The van der Waals surface area contributed by atoms with E-state index in [1.54, 1.807) is 17.9 Å². The van der Waals surface area contributed by atoms with Gasteiger partial charge < -0.3 is 15.0 Å². The molecule has 5 heteroatoms. The molecule has 3 rings (SSSR count). The van der Waals surface area contributed by atoms with Crippen molar-refractivity contribution in [3.63, 3.8) is 0 Å². The quantitative estimate of drug-likeness (QED) is 0.731. The minimum Gasteiger partial charge on any atom is -0.381 e. The van der Waals surface area contributed by atoms with Crippen LogP contribution in [0.4, 0.5) is 5.69 Å². The Morgan fingerprint density at radius 2 is 1.93 bits per heavy atom. The van der Waals surface area contributed by atoms with Crippen molar-refractivity contribution in [2.75, 3.05) is 31.2 Å². The molecule has 0 saturated carbocycles. The molecule has 1 N–H and O–H groups in total. The minimum atomic E-state index is -0.0802. The fourth-order valence-electron chi connectivity index (χ4n) is 3.29. The van der Waals surface area contributed by atoms with E-state index in [1.165, 1.54) is 5.56 Å². The predicted octanol–water partition coefficient (Wildman–Crippen LogP) is 2.97. The maximum absolute atomic E-state index is 12.3. The van der Waals surface area contributed by atoms with Crippen LogP contribution in [0.15, 0.2) is 48.5 Å². The van der Waals surface area contributed by atoms with E-state index in [4.69, 9.17) is 4.74 Å². The Balaban J connectivity index is 1.36. The standard InChI is InChI=1S/C22H26N2O3/c1-17(25)24-13-10-19-16-20(8-9-21(19)24)22(26)23-12-5-14-27-15-11-18-6-3-2-4-7-18/h2-4,6-9,16H,5,10-15H2,1H3,(H,23,26). The van der Waals surface area contributed by atoms with Crippen LogP contribution in [0.2, 0.25) is 0 Å². The van der Waals surface area contributed by atoms with Crippen LogP contribution in [0.25, 0.3) is 0 Å². The molecule has 2 aromatic rings. The summed E-state index contributed by atoms with van der Waals surface area (Å²) in [6.45, 7) is 4.16. The molecule has 27 heavy (non-hydrogen) atoms. The third-order valence-corrected chi connectivity index (χ3v) is 4.75. The van der Waals surface area contributed by atoms with Crippen molar-refractivity contribution in [2.24, 2.45) is 0 Å². The summed E-state index contributed by atoms with van der Waals surface area (Å²) >= 11 is 0. The Labute approximate surface area is 160 Å². The number of hydrogen-bond donors (Lipinski definition) is 1. The monoisotopic (exact) mass is 366 g/mol. The summed E-state index contributed by atoms with van der Waals surface area (Å²) in [5, 5.41) is 2.93. The lowest BCUT2D eigenvalue weighted by Gasteiger charge is -2.14. The molecule has 2 amide bonds. The highest BCUT2D eigenvalue weighted by Gasteiger charge is 2.22. The average molecular weight is 366 g/mol. The third-order valence-electron chi connectivity index (χ3n) is 4.75. The number of ether oxygens (including phenoxy) is 1. The van der Waals surface area contributed by atoms with Gasteiger partial charge in [-0.3, -0.25) is 9.59 Å². The van der Waals surface area contributed by atoms with Crippen molar-refractivity contribution in [3.05, 3.63) is 65.2 Å². The second kappa shape index (κ2) is 9.33. The molecule has 0 radical (unpaired) electrons. The molecule has 2 aromatic carbocycles. The second-order valence-corrected chi connectivity index (χ2v) is 6.72. The number of benzene rings is 2. The molecule has 1 aliphatic rings. The Kier molecular flexibility index (Phi) is 6.60. The van der Waals surface area contributed by atoms with E-state index in [1.807, 2.05) is 30.3 Å². The van der Waals surface area contributed by atoms with Gasteiger partial charge in [0.2, 0.25) is 5.91 Å². The van der Waals surface area contributed by atoms with Gasteiger partial charge in [-0.15, -0.1) is 0 Å². The van der Waals surface area contributed by atoms with Crippen LogP contribution < -0.4 is 10.2 Å².